The molecule has 7 nitrogen and oxygen atoms in total. The SMILES string of the molecule is CCS(=O)(=O)NCCNC(=NC)NCc1cc(C)ccc1OC(F)F.I. The Labute approximate surface area is 170 Å². The highest BCUT2D eigenvalue weighted by Gasteiger charge is 2.10. The van der Waals surface area contributed by atoms with E-state index in [1.54, 1.807) is 26.1 Å². The summed E-state index contributed by atoms with van der Waals surface area (Å²) in [6.45, 7) is 1.27. The summed E-state index contributed by atoms with van der Waals surface area (Å²) in [5.74, 6) is 0.528. The lowest BCUT2D eigenvalue weighted by Crippen LogP contribution is -2.41. The van der Waals surface area contributed by atoms with Gasteiger partial charge in [-0.1, -0.05) is 17.7 Å². The number of rotatable bonds is 9. The van der Waals surface area contributed by atoms with Crippen LogP contribution in [0.1, 0.15) is 18.1 Å². The number of sulfonamides is 1. The Morgan fingerprint density at radius 1 is 1.27 bits per heavy atom. The minimum atomic E-state index is -3.24. The Kier molecular flexibility index (Phi) is 11.7. The first-order valence-electron chi connectivity index (χ1n) is 7.73. The van der Waals surface area contributed by atoms with Crippen molar-refractivity contribution in [3.8, 4) is 5.75 Å². The van der Waals surface area contributed by atoms with Gasteiger partial charge in [-0.3, -0.25) is 4.99 Å². The van der Waals surface area contributed by atoms with Gasteiger partial charge in [-0.25, -0.2) is 13.1 Å². The van der Waals surface area contributed by atoms with Crippen molar-refractivity contribution in [2.45, 2.75) is 27.0 Å². The summed E-state index contributed by atoms with van der Waals surface area (Å²) in [4.78, 5) is 4.00. The molecule has 0 aromatic heterocycles. The summed E-state index contributed by atoms with van der Waals surface area (Å²) in [5, 5.41) is 5.91. The molecule has 0 fully saturated rings. The van der Waals surface area contributed by atoms with Crippen molar-refractivity contribution in [3.05, 3.63) is 29.3 Å². The second-order valence-electron chi connectivity index (χ2n) is 5.14. The molecule has 0 bridgehead atoms. The number of nitrogens with one attached hydrogen (secondary N) is 3. The highest BCUT2D eigenvalue weighted by molar-refractivity contribution is 14.0. The number of halogens is 3. The first kappa shape index (κ1) is 24.8. The van der Waals surface area contributed by atoms with Crippen LogP contribution in [0.25, 0.3) is 0 Å². The largest absolute Gasteiger partial charge is 0.434 e. The van der Waals surface area contributed by atoms with Crippen LogP contribution in [0.2, 0.25) is 0 Å². The maximum Gasteiger partial charge on any atom is 0.387 e. The van der Waals surface area contributed by atoms with Crippen molar-refractivity contribution < 1.29 is 21.9 Å². The van der Waals surface area contributed by atoms with E-state index >= 15 is 0 Å². The summed E-state index contributed by atoms with van der Waals surface area (Å²) >= 11 is 0. The van der Waals surface area contributed by atoms with E-state index in [1.807, 2.05) is 6.92 Å². The van der Waals surface area contributed by atoms with Crippen LogP contribution < -0.4 is 20.1 Å². The molecule has 11 heteroatoms. The monoisotopic (exact) mass is 506 g/mol. The van der Waals surface area contributed by atoms with E-state index in [1.165, 1.54) is 6.07 Å². The number of benzene rings is 1. The maximum absolute atomic E-state index is 12.5. The van der Waals surface area contributed by atoms with Gasteiger partial charge in [-0.05, 0) is 19.9 Å². The zero-order valence-corrected chi connectivity index (χ0v) is 18.0. The molecule has 0 radical (unpaired) electrons. The average Bonchev–Trinajstić information content (AvgIpc) is 2.56. The fourth-order valence-corrected chi connectivity index (χ4v) is 2.56. The van der Waals surface area contributed by atoms with Gasteiger partial charge in [0.2, 0.25) is 10.0 Å². The van der Waals surface area contributed by atoms with E-state index < -0.39 is 16.6 Å². The number of guanidine groups is 1. The van der Waals surface area contributed by atoms with Gasteiger partial charge in [0.25, 0.3) is 0 Å². The van der Waals surface area contributed by atoms with Gasteiger partial charge in [0.05, 0.1) is 5.75 Å². The lowest BCUT2D eigenvalue weighted by molar-refractivity contribution is -0.0504. The molecule has 0 aliphatic heterocycles. The molecule has 0 atom stereocenters. The zero-order valence-electron chi connectivity index (χ0n) is 14.9. The lowest BCUT2D eigenvalue weighted by Gasteiger charge is -2.15. The average molecular weight is 506 g/mol. The Bertz CT molecular complexity index is 687. The third-order valence-electron chi connectivity index (χ3n) is 3.22. The molecule has 0 saturated carbocycles. The molecular weight excluding hydrogens is 481 g/mol. The van der Waals surface area contributed by atoms with Crippen LogP contribution in [0.3, 0.4) is 0 Å². The standard InChI is InChI=1S/C15H24F2N4O3S.HI/c1-4-25(22,23)21-8-7-19-15(18-3)20-10-12-9-11(2)5-6-13(12)24-14(16)17;/h5-6,9,14,21H,4,7-8,10H2,1-3H3,(H2,18,19,20);1H. The van der Waals surface area contributed by atoms with E-state index in [-0.39, 0.29) is 48.6 Å². The van der Waals surface area contributed by atoms with Gasteiger partial charge in [-0.15, -0.1) is 24.0 Å². The lowest BCUT2D eigenvalue weighted by atomic mass is 10.1. The van der Waals surface area contributed by atoms with Crippen LogP contribution in [0.15, 0.2) is 23.2 Å². The van der Waals surface area contributed by atoms with E-state index in [0.717, 1.165) is 5.56 Å². The molecular formula is C15H25F2IN4O3S. The van der Waals surface area contributed by atoms with Gasteiger partial charge in [-0.2, -0.15) is 8.78 Å². The second-order valence-corrected chi connectivity index (χ2v) is 7.24. The van der Waals surface area contributed by atoms with Crippen LogP contribution in [0.4, 0.5) is 8.78 Å². The van der Waals surface area contributed by atoms with Crippen molar-refractivity contribution in [3.63, 3.8) is 0 Å². The summed E-state index contributed by atoms with van der Waals surface area (Å²) < 4.78 is 54.5. The molecule has 0 saturated heterocycles. The van der Waals surface area contributed by atoms with Gasteiger partial charge in [0.1, 0.15) is 5.75 Å². The van der Waals surface area contributed by atoms with E-state index in [2.05, 4.69) is 25.1 Å². The minimum Gasteiger partial charge on any atom is -0.434 e. The van der Waals surface area contributed by atoms with Crippen molar-refractivity contribution >= 4 is 40.0 Å². The third-order valence-corrected chi connectivity index (χ3v) is 4.63. The quantitative estimate of drug-likeness (QED) is 0.206. The normalized spacial score (nSPS) is 11.8. The van der Waals surface area contributed by atoms with Crippen LogP contribution in [0, 0.1) is 6.92 Å². The molecule has 1 rings (SSSR count). The first-order chi connectivity index (χ1) is 11.8. The molecule has 150 valence electrons. The van der Waals surface area contributed by atoms with Gasteiger partial charge in [0.15, 0.2) is 5.96 Å². The van der Waals surface area contributed by atoms with Crippen molar-refractivity contribution in [1.29, 1.82) is 0 Å². The summed E-state index contributed by atoms with van der Waals surface area (Å²) in [6, 6.07) is 4.93. The van der Waals surface area contributed by atoms with Crippen molar-refractivity contribution in [2.75, 3.05) is 25.9 Å². The van der Waals surface area contributed by atoms with Gasteiger partial charge in [0, 0.05) is 32.2 Å². The zero-order chi connectivity index (χ0) is 18.9. The molecule has 26 heavy (non-hydrogen) atoms. The fourth-order valence-electron chi connectivity index (χ4n) is 1.95. The molecule has 3 N–H and O–H groups in total. The number of aliphatic imine (C=N–C) groups is 1. The van der Waals surface area contributed by atoms with Gasteiger partial charge >= 0.3 is 6.61 Å². The van der Waals surface area contributed by atoms with Crippen molar-refractivity contribution in [1.82, 2.24) is 15.4 Å². The van der Waals surface area contributed by atoms with E-state index in [4.69, 9.17) is 0 Å². The predicted octanol–water partition coefficient (Wildman–Crippen LogP) is 1.82. The molecule has 0 aliphatic rings. The summed E-state index contributed by atoms with van der Waals surface area (Å²) in [7, 11) is -1.69. The van der Waals surface area contributed by atoms with Crippen LogP contribution in [-0.2, 0) is 16.6 Å². The Morgan fingerprint density at radius 3 is 2.54 bits per heavy atom. The molecule has 0 aliphatic carbocycles. The number of alkyl halides is 2. The second kappa shape index (κ2) is 12.2. The van der Waals surface area contributed by atoms with Crippen LogP contribution in [0.5, 0.6) is 5.75 Å². The van der Waals surface area contributed by atoms with Crippen molar-refractivity contribution in [2.24, 2.45) is 4.99 Å². The number of nitrogens with zero attached hydrogens (tertiary/aromatic N) is 1. The Balaban J connectivity index is 0.00000625. The topological polar surface area (TPSA) is 91.8 Å². The van der Waals surface area contributed by atoms with Crippen LogP contribution in [-0.4, -0.2) is 46.9 Å². The van der Waals surface area contributed by atoms with Crippen LogP contribution >= 0.6 is 24.0 Å². The number of hydrogen-bond donors (Lipinski definition) is 3. The highest BCUT2D eigenvalue weighted by atomic mass is 127. The molecule has 0 spiro atoms. The highest BCUT2D eigenvalue weighted by Crippen LogP contribution is 2.21. The number of ether oxygens (including phenoxy) is 1. The number of hydrogen-bond acceptors (Lipinski definition) is 4. The fraction of sp³-hybridized carbons (Fsp3) is 0.533. The Hall–Kier alpha value is -1.21. The smallest absolute Gasteiger partial charge is 0.387 e. The maximum atomic E-state index is 12.5. The Morgan fingerprint density at radius 2 is 1.96 bits per heavy atom. The van der Waals surface area contributed by atoms with E-state index in [9.17, 15) is 17.2 Å². The van der Waals surface area contributed by atoms with E-state index in [0.29, 0.717) is 18.1 Å². The predicted molar refractivity (Wildman–Crippen MR) is 109 cm³/mol. The molecule has 0 unspecified atom stereocenters. The molecule has 1 aromatic rings. The first-order valence-corrected chi connectivity index (χ1v) is 9.38. The molecule has 0 heterocycles. The molecule has 1 aromatic carbocycles. The number of aryl methyl sites for hydroxylation is 1. The summed E-state index contributed by atoms with van der Waals surface area (Å²) in [5.41, 5.74) is 1.48. The third kappa shape index (κ3) is 9.48. The molecule has 0 amide bonds. The van der Waals surface area contributed by atoms with Gasteiger partial charge < -0.3 is 15.4 Å². The minimum absolute atomic E-state index is 0. The summed E-state index contributed by atoms with van der Waals surface area (Å²) in [6.07, 6.45) is 0.